The molecule has 2 aliphatic heterocycles. The van der Waals surface area contributed by atoms with Crippen LogP contribution in [0.2, 0.25) is 0 Å². The molecule has 4 rings (SSSR count). The number of carbonyl (C=O) groups excluding carboxylic acids is 1. The number of benzene rings is 1. The molecule has 0 bridgehead atoms. The van der Waals surface area contributed by atoms with Gasteiger partial charge in [0.2, 0.25) is 0 Å². The maximum absolute atomic E-state index is 12.9. The predicted molar refractivity (Wildman–Crippen MR) is 128 cm³/mol. The molecule has 0 aromatic heterocycles. The second kappa shape index (κ2) is 10.0. The van der Waals surface area contributed by atoms with Crippen molar-refractivity contribution in [1.29, 1.82) is 0 Å². The molecule has 1 saturated carbocycles. The smallest absolute Gasteiger partial charge is 0.251 e. The van der Waals surface area contributed by atoms with Crippen molar-refractivity contribution in [2.24, 2.45) is 23.7 Å². The standard InChI is InChI=1S/C27H43N3O/c1-19(2)26-25-10-9-23(27(31)28-16-21-11-13-29(4)14-12-21)15-24(25)18-30(26)17-22-7-5-20(3)6-8-22/h9-10,15,19-22,26H,5-8,11-14,16-18H2,1-4H3,(H,28,31)/t20-,22-,26-/m1/s1. The van der Waals surface area contributed by atoms with Gasteiger partial charge in [-0.2, -0.15) is 0 Å². The Hall–Kier alpha value is -1.39. The molecule has 2 fully saturated rings. The van der Waals surface area contributed by atoms with Crippen LogP contribution in [0.3, 0.4) is 0 Å². The Labute approximate surface area is 189 Å². The Kier molecular flexibility index (Phi) is 7.38. The molecule has 0 radical (unpaired) electrons. The van der Waals surface area contributed by atoms with E-state index in [-0.39, 0.29) is 5.91 Å². The van der Waals surface area contributed by atoms with Crippen molar-refractivity contribution in [3.05, 3.63) is 34.9 Å². The molecular formula is C27H43N3O. The van der Waals surface area contributed by atoms with E-state index in [1.165, 1.54) is 56.2 Å². The summed E-state index contributed by atoms with van der Waals surface area (Å²) >= 11 is 0. The third-order valence-electron chi connectivity index (χ3n) is 8.14. The summed E-state index contributed by atoms with van der Waals surface area (Å²) in [6.07, 6.45) is 7.91. The minimum atomic E-state index is 0.0996. The molecular weight excluding hydrogens is 382 g/mol. The van der Waals surface area contributed by atoms with E-state index in [1.807, 2.05) is 0 Å². The molecule has 1 amide bonds. The van der Waals surface area contributed by atoms with Crippen LogP contribution in [0, 0.1) is 23.7 Å². The van der Waals surface area contributed by atoms with E-state index in [0.29, 0.717) is 17.9 Å². The number of rotatable bonds is 6. The van der Waals surface area contributed by atoms with E-state index in [0.717, 1.165) is 43.6 Å². The van der Waals surface area contributed by atoms with E-state index in [2.05, 4.69) is 61.1 Å². The zero-order valence-corrected chi connectivity index (χ0v) is 20.2. The first kappa shape index (κ1) is 22.8. The fourth-order valence-electron chi connectivity index (χ4n) is 6.09. The summed E-state index contributed by atoms with van der Waals surface area (Å²) in [5.41, 5.74) is 3.66. The third-order valence-corrected chi connectivity index (χ3v) is 8.14. The molecule has 4 nitrogen and oxygen atoms in total. The number of hydrogen-bond acceptors (Lipinski definition) is 3. The second-order valence-electron chi connectivity index (χ2n) is 11.1. The highest BCUT2D eigenvalue weighted by molar-refractivity contribution is 5.94. The van der Waals surface area contributed by atoms with Crippen molar-refractivity contribution in [2.45, 2.75) is 71.9 Å². The van der Waals surface area contributed by atoms with Crippen LogP contribution in [0.25, 0.3) is 0 Å². The number of fused-ring (bicyclic) bond motifs is 1. The molecule has 4 heteroatoms. The minimum Gasteiger partial charge on any atom is -0.352 e. The zero-order chi connectivity index (χ0) is 22.0. The number of carbonyl (C=O) groups is 1. The fraction of sp³-hybridized carbons (Fsp3) is 0.741. The topological polar surface area (TPSA) is 35.6 Å². The van der Waals surface area contributed by atoms with Crippen molar-refractivity contribution in [3.63, 3.8) is 0 Å². The summed E-state index contributed by atoms with van der Waals surface area (Å²) in [6.45, 7) is 12.4. The van der Waals surface area contributed by atoms with Crippen LogP contribution in [-0.4, -0.2) is 48.9 Å². The van der Waals surface area contributed by atoms with E-state index in [1.54, 1.807) is 0 Å². The molecule has 1 aliphatic carbocycles. The van der Waals surface area contributed by atoms with E-state index in [4.69, 9.17) is 0 Å². The van der Waals surface area contributed by atoms with Gasteiger partial charge in [-0.1, -0.05) is 39.7 Å². The summed E-state index contributed by atoms with van der Waals surface area (Å²) in [5.74, 6) is 3.05. The zero-order valence-electron chi connectivity index (χ0n) is 20.2. The van der Waals surface area contributed by atoms with Crippen LogP contribution < -0.4 is 5.32 Å². The van der Waals surface area contributed by atoms with Gasteiger partial charge in [0.15, 0.2) is 0 Å². The van der Waals surface area contributed by atoms with Crippen LogP contribution in [0.15, 0.2) is 18.2 Å². The molecule has 1 atom stereocenters. The summed E-state index contributed by atoms with van der Waals surface area (Å²) in [7, 11) is 2.18. The van der Waals surface area contributed by atoms with Gasteiger partial charge in [0.1, 0.15) is 0 Å². The normalized spacial score (nSPS) is 28.1. The number of likely N-dealkylation sites (tertiary alicyclic amines) is 1. The first-order valence-electron chi connectivity index (χ1n) is 12.7. The number of nitrogens with zero attached hydrogens (tertiary/aromatic N) is 2. The van der Waals surface area contributed by atoms with Crippen molar-refractivity contribution in [3.8, 4) is 0 Å². The van der Waals surface area contributed by atoms with Gasteiger partial charge in [-0.3, -0.25) is 9.69 Å². The molecule has 3 aliphatic rings. The third kappa shape index (κ3) is 5.51. The van der Waals surface area contributed by atoms with E-state index in [9.17, 15) is 4.79 Å². The highest BCUT2D eigenvalue weighted by Crippen LogP contribution is 2.41. The Morgan fingerprint density at radius 2 is 1.77 bits per heavy atom. The lowest BCUT2D eigenvalue weighted by atomic mass is 9.82. The first-order chi connectivity index (χ1) is 14.9. The largest absolute Gasteiger partial charge is 0.352 e. The summed E-state index contributed by atoms with van der Waals surface area (Å²) < 4.78 is 0. The monoisotopic (exact) mass is 425 g/mol. The summed E-state index contributed by atoms with van der Waals surface area (Å²) in [4.78, 5) is 17.9. The molecule has 172 valence electrons. The Morgan fingerprint density at radius 3 is 2.45 bits per heavy atom. The van der Waals surface area contributed by atoms with Gasteiger partial charge in [0.05, 0.1) is 0 Å². The van der Waals surface area contributed by atoms with Crippen molar-refractivity contribution >= 4 is 5.91 Å². The van der Waals surface area contributed by atoms with Gasteiger partial charge in [0, 0.05) is 31.2 Å². The highest BCUT2D eigenvalue weighted by atomic mass is 16.1. The second-order valence-corrected chi connectivity index (χ2v) is 11.1. The maximum atomic E-state index is 12.9. The van der Waals surface area contributed by atoms with E-state index < -0.39 is 0 Å². The summed E-state index contributed by atoms with van der Waals surface area (Å²) in [5, 5.41) is 3.22. The van der Waals surface area contributed by atoms with Crippen LogP contribution in [0.4, 0.5) is 0 Å². The molecule has 0 unspecified atom stereocenters. The van der Waals surface area contributed by atoms with Crippen LogP contribution in [0.5, 0.6) is 0 Å². The number of amides is 1. The van der Waals surface area contributed by atoms with Crippen molar-refractivity contribution < 1.29 is 4.79 Å². The van der Waals surface area contributed by atoms with Crippen LogP contribution >= 0.6 is 0 Å². The lowest BCUT2D eigenvalue weighted by Gasteiger charge is -2.34. The molecule has 1 aromatic carbocycles. The molecule has 1 aromatic rings. The predicted octanol–water partition coefficient (Wildman–Crippen LogP) is 5.10. The van der Waals surface area contributed by atoms with Gasteiger partial charge in [0.25, 0.3) is 5.91 Å². The van der Waals surface area contributed by atoms with Gasteiger partial charge < -0.3 is 10.2 Å². The number of hydrogen-bond donors (Lipinski definition) is 1. The van der Waals surface area contributed by atoms with Gasteiger partial charge in [-0.05, 0) is 92.8 Å². The molecule has 2 heterocycles. The average Bonchev–Trinajstić information content (AvgIpc) is 3.12. The van der Waals surface area contributed by atoms with E-state index >= 15 is 0 Å². The van der Waals surface area contributed by atoms with Gasteiger partial charge >= 0.3 is 0 Å². The van der Waals surface area contributed by atoms with Gasteiger partial charge in [-0.15, -0.1) is 0 Å². The Morgan fingerprint density at radius 1 is 1.06 bits per heavy atom. The molecule has 1 saturated heterocycles. The minimum absolute atomic E-state index is 0.0996. The SMILES string of the molecule is CC(C)[C@@H]1c2ccc(C(=O)NCC3CCN(C)CC3)cc2CN1C[C@H]1CC[C@H](C)CC1. The fourth-order valence-corrected chi connectivity index (χ4v) is 6.09. The number of piperidine rings is 1. The Balaban J connectivity index is 1.38. The average molecular weight is 426 g/mol. The number of nitrogens with one attached hydrogen (secondary N) is 1. The Bertz CT molecular complexity index is 745. The van der Waals surface area contributed by atoms with Crippen LogP contribution in [0.1, 0.15) is 86.8 Å². The maximum Gasteiger partial charge on any atom is 0.251 e. The summed E-state index contributed by atoms with van der Waals surface area (Å²) in [6, 6.07) is 6.97. The lowest BCUT2D eigenvalue weighted by Crippen LogP contribution is -2.36. The van der Waals surface area contributed by atoms with Crippen LogP contribution in [-0.2, 0) is 6.54 Å². The quantitative estimate of drug-likeness (QED) is 0.689. The highest BCUT2D eigenvalue weighted by Gasteiger charge is 2.34. The molecule has 0 spiro atoms. The molecule has 1 N–H and O–H groups in total. The molecule has 31 heavy (non-hydrogen) atoms. The van der Waals surface area contributed by atoms with Crippen molar-refractivity contribution in [1.82, 2.24) is 15.1 Å². The first-order valence-corrected chi connectivity index (χ1v) is 12.7. The van der Waals surface area contributed by atoms with Gasteiger partial charge in [-0.25, -0.2) is 0 Å². The lowest BCUT2D eigenvalue weighted by molar-refractivity contribution is 0.0939. The van der Waals surface area contributed by atoms with Crippen molar-refractivity contribution in [2.75, 3.05) is 33.2 Å².